The minimum absolute atomic E-state index is 0.113. The third kappa shape index (κ3) is 4.43. The van der Waals surface area contributed by atoms with Crippen molar-refractivity contribution in [2.75, 3.05) is 28.2 Å². The van der Waals surface area contributed by atoms with E-state index in [1.54, 1.807) is 35.4 Å². The predicted molar refractivity (Wildman–Crippen MR) is 136 cm³/mol. The van der Waals surface area contributed by atoms with E-state index in [9.17, 15) is 18.0 Å². The number of urea groups is 1. The number of pyridine rings is 1. The van der Waals surface area contributed by atoms with Crippen LogP contribution in [-0.4, -0.2) is 35.1 Å². The van der Waals surface area contributed by atoms with E-state index in [0.717, 1.165) is 40.8 Å². The van der Waals surface area contributed by atoms with Gasteiger partial charge in [-0.1, -0.05) is 28.1 Å². The van der Waals surface area contributed by atoms with Crippen LogP contribution in [0.2, 0.25) is 0 Å². The summed E-state index contributed by atoms with van der Waals surface area (Å²) >= 11 is 3.47. The van der Waals surface area contributed by atoms with Gasteiger partial charge in [-0.15, -0.1) is 0 Å². The summed E-state index contributed by atoms with van der Waals surface area (Å²) in [5.41, 5.74) is 1.99. The van der Waals surface area contributed by atoms with Gasteiger partial charge in [0.05, 0.1) is 29.2 Å². The molecule has 4 aromatic rings. The van der Waals surface area contributed by atoms with E-state index in [1.807, 2.05) is 12.1 Å². The molecule has 2 bridgehead atoms. The first kappa shape index (κ1) is 23.5. The van der Waals surface area contributed by atoms with Gasteiger partial charge in [0.15, 0.2) is 18.0 Å². The van der Waals surface area contributed by atoms with Crippen LogP contribution < -0.4 is 15.1 Å². The fraction of sp³-hybridized carbons (Fsp3) is 0.192. The number of hydrogen-bond acceptors (Lipinski definition) is 5. The maximum Gasteiger partial charge on any atom is 0.416 e. The van der Waals surface area contributed by atoms with Crippen LogP contribution in [0.25, 0.3) is 22.6 Å². The van der Waals surface area contributed by atoms with Crippen molar-refractivity contribution in [1.29, 1.82) is 0 Å². The highest BCUT2D eigenvalue weighted by Crippen LogP contribution is 2.41. The molecule has 2 aromatic carbocycles. The number of nitrogens with zero attached hydrogens (tertiary/aromatic N) is 4. The van der Waals surface area contributed by atoms with Crippen LogP contribution in [0.1, 0.15) is 12.0 Å². The normalized spacial score (nSPS) is 16.6. The van der Waals surface area contributed by atoms with Crippen molar-refractivity contribution < 1.29 is 22.4 Å². The van der Waals surface area contributed by atoms with Crippen molar-refractivity contribution in [3.05, 3.63) is 77.2 Å². The molecule has 0 unspecified atom stereocenters. The molecule has 2 aromatic heterocycles. The molecule has 1 saturated heterocycles. The van der Waals surface area contributed by atoms with E-state index in [0.29, 0.717) is 35.1 Å². The lowest BCUT2D eigenvalue weighted by Gasteiger charge is -2.36. The standard InChI is InChI=1S/C26H19BrF3N5O2/c27-18-9-16(23-12-31-14-37-23)10-19(11-18)32-25(36)35-20-6-7-34(13-20)22-5-4-21(33-24(22)35)15-2-1-3-17(8-15)26(28,29)30/h1-5,8-12,14,20H,6-7,13H2,(H,32,36)/t20-/m0/s1. The third-order valence-corrected chi connectivity index (χ3v) is 6.98. The third-order valence-electron chi connectivity index (χ3n) is 6.52. The highest BCUT2D eigenvalue weighted by molar-refractivity contribution is 9.10. The molecule has 2 aliphatic heterocycles. The summed E-state index contributed by atoms with van der Waals surface area (Å²) in [4.78, 5) is 26.0. The summed E-state index contributed by atoms with van der Waals surface area (Å²) in [6.07, 6.45) is -0.792. The highest BCUT2D eigenvalue weighted by Gasteiger charge is 2.40. The lowest BCUT2D eigenvalue weighted by molar-refractivity contribution is -0.137. The first-order chi connectivity index (χ1) is 17.8. The predicted octanol–water partition coefficient (Wildman–Crippen LogP) is 6.82. The minimum Gasteiger partial charge on any atom is -0.444 e. The monoisotopic (exact) mass is 569 g/mol. The van der Waals surface area contributed by atoms with Crippen LogP contribution in [0, 0.1) is 0 Å². The second-order valence-corrected chi connectivity index (χ2v) is 9.82. The number of benzene rings is 2. The fourth-order valence-corrected chi connectivity index (χ4v) is 5.33. The van der Waals surface area contributed by atoms with Gasteiger partial charge in [0.25, 0.3) is 0 Å². The average Bonchev–Trinajstić information content (AvgIpc) is 3.55. The van der Waals surface area contributed by atoms with E-state index in [2.05, 4.69) is 31.1 Å². The summed E-state index contributed by atoms with van der Waals surface area (Å²) in [7, 11) is 0. The SMILES string of the molecule is O=C(Nc1cc(Br)cc(-c2cnco2)c1)N1c2nc(-c3cccc(C(F)(F)F)c3)ccc2N2CC[C@H]1C2. The van der Waals surface area contributed by atoms with Gasteiger partial charge in [0.1, 0.15) is 0 Å². The Labute approximate surface area is 218 Å². The van der Waals surface area contributed by atoms with E-state index in [1.165, 1.54) is 12.5 Å². The van der Waals surface area contributed by atoms with Crippen LogP contribution in [0.15, 0.2) is 76.1 Å². The zero-order valence-corrected chi connectivity index (χ0v) is 20.8. The zero-order valence-electron chi connectivity index (χ0n) is 19.2. The van der Waals surface area contributed by atoms with Gasteiger partial charge < -0.3 is 14.6 Å². The molecule has 11 heteroatoms. The molecular weight excluding hydrogens is 551 g/mol. The lowest BCUT2D eigenvalue weighted by Crippen LogP contribution is -2.48. The number of fused-ring (bicyclic) bond motifs is 4. The molecule has 2 amide bonds. The van der Waals surface area contributed by atoms with Gasteiger partial charge in [-0.25, -0.2) is 14.8 Å². The number of nitrogens with one attached hydrogen (secondary N) is 1. The molecule has 37 heavy (non-hydrogen) atoms. The van der Waals surface area contributed by atoms with E-state index in [4.69, 9.17) is 9.40 Å². The number of rotatable bonds is 3. The molecule has 0 aliphatic carbocycles. The Hall–Kier alpha value is -3.86. The van der Waals surface area contributed by atoms with Crippen molar-refractivity contribution >= 4 is 39.2 Å². The number of amides is 2. The molecule has 0 radical (unpaired) electrons. The molecule has 7 nitrogen and oxygen atoms in total. The summed E-state index contributed by atoms with van der Waals surface area (Å²) in [6, 6.07) is 13.5. The largest absolute Gasteiger partial charge is 0.444 e. The summed E-state index contributed by atoms with van der Waals surface area (Å²) < 4.78 is 46.0. The highest BCUT2D eigenvalue weighted by atomic mass is 79.9. The molecule has 0 spiro atoms. The Morgan fingerprint density at radius 1 is 1.11 bits per heavy atom. The Balaban J connectivity index is 1.35. The quantitative estimate of drug-likeness (QED) is 0.293. The van der Waals surface area contributed by atoms with Crippen LogP contribution in [0.3, 0.4) is 0 Å². The molecule has 6 rings (SSSR count). The molecular formula is C26H19BrF3N5O2. The van der Waals surface area contributed by atoms with E-state index >= 15 is 0 Å². The number of aromatic nitrogens is 2. The van der Waals surface area contributed by atoms with Crippen molar-refractivity contribution in [2.24, 2.45) is 0 Å². The maximum absolute atomic E-state index is 13.6. The van der Waals surface area contributed by atoms with Gasteiger partial charge >= 0.3 is 12.2 Å². The van der Waals surface area contributed by atoms with Gasteiger partial charge in [0.2, 0.25) is 0 Å². The topological polar surface area (TPSA) is 74.5 Å². The van der Waals surface area contributed by atoms with Crippen molar-refractivity contribution in [2.45, 2.75) is 18.6 Å². The Bertz CT molecular complexity index is 1490. The number of carbonyl (C=O) groups excluding carboxylic acids is 1. The van der Waals surface area contributed by atoms with Gasteiger partial charge in [-0.05, 0) is 48.9 Å². The number of halogens is 4. The first-order valence-corrected chi connectivity index (χ1v) is 12.3. The average molecular weight is 570 g/mol. The molecule has 1 atom stereocenters. The van der Waals surface area contributed by atoms with Crippen molar-refractivity contribution in [3.8, 4) is 22.6 Å². The van der Waals surface area contributed by atoms with E-state index < -0.39 is 11.7 Å². The molecule has 188 valence electrons. The second-order valence-electron chi connectivity index (χ2n) is 8.90. The van der Waals surface area contributed by atoms with Crippen molar-refractivity contribution in [3.63, 3.8) is 0 Å². The Kier molecular flexibility index (Phi) is 5.67. The van der Waals surface area contributed by atoms with Crippen LogP contribution in [0.4, 0.5) is 35.2 Å². The van der Waals surface area contributed by atoms with Gasteiger partial charge in [0, 0.05) is 34.4 Å². The second kappa shape index (κ2) is 8.91. The zero-order chi connectivity index (χ0) is 25.7. The molecule has 2 aliphatic rings. The molecule has 1 N–H and O–H groups in total. The smallest absolute Gasteiger partial charge is 0.416 e. The first-order valence-electron chi connectivity index (χ1n) is 11.5. The minimum atomic E-state index is -4.46. The van der Waals surface area contributed by atoms with Crippen LogP contribution in [0.5, 0.6) is 0 Å². The Morgan fingerprint density at radius 2 is 1.97 bits per heavy atom. The summed E-state index contributed by atoms with van der Waals surface area (Å²) in [5.74, 6) is 0.977. The van der Waals surface area contributed by atoms with Crippen LogP contribution in [-0.2, 0) is 6.18 Å². The fourth-order valence-electron chi connectivity index (χ4n) is 4.83. The summed E-state index contributed by atoms with van der Waals surface area (Å²) in [6.45, 7) is 1.42. The maximum atomic E-state index is 13.6. The van der Waals surface area contributed by atoms with Gasteiger partial charge in [-0.2, -0.15) is 13.2 Å². The Morgan fingerprint density at radius 3 is 2.76 bits per heavy atom. The number of alkyl halides is 3. The van der Waals surface area contributed by atoms with Crippen LogP contribution >= 0.6 is 15.9 Å². The number of oxazole rings is 1. The lowest BCUT2D eigenvalue weighted by atomic mass is 10.1. The summed E-state index contributed by atoms with van der Waals surface area (Å²) in [5, 5.41) is 2.95. The number of hydrogen-bond donors (Lipinski definition) is 1. The van der Waals surface area contributed by atoms with Gasteiger partial charge in [-0.3, -0.25) is 4.90 Å². The van der Waals surface area contributed by atoms with E-state index in [-0.39, 0.29) is 12.1 Å². The molecule has 0 saturated carbocycles. The number of anilines is 3. The number of carbonyl (C=O) groups is 1. The molecule has 1 fully saturated rings. The van der Waals surface area contributed by atoms with Crippen molar-refractivity contribution in [1.82, 2.24) is 9.97 Å². The molecule has 4 heterocycles.